The lowest BCUT2D eigenvalue weighted by Crippen LogP contribution is -2.50. The molecule has 0 aliphatic carbocycles. The molecular weight excluding hydrogens is 565 g/mol. The number of nitrogens with zero attached hydrogens (tertiary/aromatic N) is 3. The summed E-state index contributed by atoms with van der Waals surface area (Å²) in [5, 5.41) is 11.7. The molecule has 1 fully saturated rings. The second-order valence-electron chi connectivity index (χ2n) is 11.2. The molecule has 228 valence electrons. The number of nitrogens with one attached hydrogen (secondary N) is 1. The zero-order valence-electron chi connectivity index (χ0n) is 24.1. The minimum absolute atomic E-state index is 0.00423. The van der Waals surface area contributed by atoms with Crippen LogP contribution in [0.25, 0.3) is 0 Å². The summed E-state index contributed by atoms with van der Waals surface area (Å²) in [5.41, 5.74) is 0.275. The van der Waals surface area contributed by atoms with E-state index in [9.17, 15) is 27.6 Å². The van der Waals surface area contributed by atoms with Crippen LogP contribution in [0, 0.1) is 0 Å². The first-order chi connectivity index (χ1) is 20.2. The highest BCUT2D eigenvalue weighted by Gasteiger charge is 2.36. The van der Waals surface area contributed by atoms with E-state index in [0.29, 0.717) is 12.8 Å². The van der Waals surface area contributed by atoms with Crippen molar-refractivity contribution in [1.82, 2.24) is 9.88 Å². The maximum Gasteiger partial charge on any atom is 0.418 e. The molecule has 43 heavy (non-hydrogen) atoms. The summed E-state index contributed by atoms with van der Waals surface area (Å²) in [6.45, 7) is 6.05. The van der Waals surface area contributed by atoms with Crippen molar-refractivity contribution in [3.63, 3.8) is 0 Å². The molecule has 1 aromatic heterocycles. The normalized spacial score (nSPS) is 13.9. The maximum absolute atomic E-state index is 14.1. The number of rotatable bonds is 7. The van der Waals surface area contributed by atoms with Crippen LogP contribution in [0.4, 0.5) is 29.3 Å². The molecule has 0 saturated carbocycles. The fourth-order valence-corrected chi connectivity index (χ4v) is 4.67. The van der Waals surface area contributed by atoms with Crippen molar-refractivity contribution in [2.45, 2.75) is 45.4 Å². The molecule has 1 saturated heterocycles. The Balaban J connectivity index is 1.43. The Hall–Kier alpha value is -4.61. The summed E-state index contributed by atoms with van der Waals surface area (Å²) in [6.07, 6.45) is -1.35. The number of benzene rings is 2. The van der Waals surface area contributed by atoms with E-state index in [2.05, 4.69) is 10.3 Å². The third kappa shape index (κ3) is 8.46. The average Bonchev–Trinajstić information content (AvgIpc) is 2.95. The largest absolute Gasteiger partial charge is 0.478 e. The van der Waals surface area contributed by atoms with Gasteiger partial charge in [0.1, 0.15) is 5.60 Å². The molecule has 2 heterocycles. The number of hydrogen-bond acceptors (Lipinski definition) is 6. The van der Waals surface area contributed by atoms with E-state index in [1.807, 2.05) is 6.07 Å². The molecule has 2 N–H and O–H groups in total. The van der Waals surface area contributed by atoms with Gasteiger partial charge in [0.05, 0.1) is 11.1 Å². The monoisotopic (exact) mass is 598 g/mol. The Morgan fingerprint density at radius 1 is 0.907 bits per heavy atom. The zero-order valence-corrected chi connectivity index (χ0v) is 24.1. The average molecular weight is 599 g/mol. The van der Waals surface area contributed by atoms with Gasteiger partial charge < -0.3 is 25.0 Å². The lowest BCUT2D eigenvalue weighted by Gasteiger charge is -2.37. The van der Waals surface area contributed by atoms with E-state index in [0.717, 1.165) is 17.2 Å². The Labute approximate surface area is 247 Å². The number of carboxylic acids is 1. The van der Waals surface area contributed by atoms with E-state index in [4.69, 9.17) is 9.84 Å². The molecule has 9 nitrogen and oxygen atoms in total. The zero-order chi connectivity index (χ0) is 31.4. The van der Waals surface area contributed by atoms with Crippen LogP contribution >= 0.6 is 0 Å². The summed E-state index contributed by atoms with van der Waals surface area (Å²) in [7, 11) is 0. The molecule has 1 aliphatic rings. The number of amides is 2. The molecule has 0 bridgehead atoms. The van der Waals surface area contributed by atoms with E-state index in [1.165, 1.54) is 29.3 Å². The van der Waals surface area contributed by atoms with E-state index in [1.54, 1.807) is 50.1 Å². The van der Waals surface area contributed by atoms with Crippen LogP contribution in [0.2, 0.25) is 0 Å². The lowest BCUT2D eigenvalue weighted by molar-refractivity contribution is -0.137. The second kappa shape index (κ2) is 12.7. The summed E-state index contributed by atoms with van der Waals surface area (Å²) in [6, 6.07) is 11.9. The van der Waals surface area contributed by atoms with Crippen LogP contribution in [-0.4, -0.2) is 64.7 Å². The first kappa shape index (κ1) is 31.3. The highest BCUT2D eigenvalue weighted by molar-refractivity contribution is 6.04. The SMILES string of the molecule is CC(C)(C)OC(=O)N1CCN(c2ccc(NC(=O)c3cccc(CCc4cncc(C(=O)O)c4)c3)cc2C(F)(F)F)CC1. The van der Waals surface area contributed by atoms with Gasteiger partial charge >= 0.3 is 18.2 Å². The van der Waals surface area contributed by atoms with Crippen LogP contribution in [0.1, 0.15) is 58.2 Å². The van der Waals surface area contributed by atoms with Crippen LogP contribution < -0.4 is 10.2 Å². The number of carbonyl (C=O) groups excluding carboxylic acids is 2. The van der Waals surface area contributed by atoms with E-state index in [-0.39, 0.29) is 48.7 Å². The van der Waals surface area contributed by atoms with Gasteiger partial charge in [-0.1, -0.05) is 12.1 Å². The van der Waals surface area contributed by atoms with Gasteiger partial charge in [-0.2, -0.15) is 13.2 Å². The van der Waals surface area contributed by atoms with Gasteiger partial charge in [-0.05, 0) is 81.1 Å². The van der Waals surface area contributed by atoms with Crippen molar-refractivity contribution in [2.75, 3.05) is 36.4 Å². The number of ether oxygens (including phenoxy) is 1. The van der Waals surface area contributed by atoms with Crippen molar-refractivity contribution in [1.29, 1.82) is 0 Å². The maximum atomic E-state index is 14.1. The lowest BCUT2D eigenvalue weighted by atomic mass is 10.0. The number of hydrogen-bond donors (Lipinski definition) is 2. The number of halogens is 3. The molecule has 2 amide bonds. The molecular formula is C31H33F3N4O5. The van der Waals surface area contributed by atoms with Gasteiger partial charge in [0.2, 0.25) is 0 Å². The number of alkyl halides is 3. The van der Waals surface area contributed by atoms with Crippen LogP contribution in [-0.2, 0) is 23.8 Å². The van der Waals surface area contributed by atoms with Crippen LogP contribution in [0.5, 0.6) is 0 Å². The van der Waals surface area contributed by atoms with Gasteiger partial charge in [0, 0.05) is 55.5 Å². The number of carbonyl (C=O) groups is 3. The quantitative estimate of drug-likeness (QED) is 0.349. The Morgan fingerprint density at radius 3 is 2.23 bits per heavy atom. The van der Waals surface area contributed by atoms with Gasteiger partial charge in [-0.15, -0.1) is 0 Å². The fraction of sp³-hybridized carbons (Fsp3) is 0.355. The smallest absolute Gasteiger partial charge is 0.418 e. The van der Waals surface area contributed by atoms with Crippen molar-refractivity contribution in [2.24, 2.45) is 0 Å². The number of anilines is 2. The van der Waals surface area contributed by atoms with Crippen molar-refractivity contribution in [3.05, 3.63) is 88.7 Å². The molecule has 0 unspecified atom stereocenters. The molecule has 1 aliphatic heterocycles. The van der Waals surface area contributed by atoms with E-state index < -0.39 is 35.3 Å². The summed E-state index contributed by atoms with van der Waals surface area (Å²) in [5.74, 6) is -1.64. The molecule has 0 atom stereocenters. The number of aromatic nitrogens is 1. The molecule has 0 spiro atoms. The second-order valence-corrected chi connectivity index (χ2v) is 11.2. The molecule has 4 rings (SSSR count). The summed E-state index contributed by atoms with van der Waals surface area (Å²) >= 11 is 0. The van der Waals surface area contributed by atoms with Crippen LogP contribution in [0.3, 0.4) is 0 Å². The van der Waals surface area contributed by atoms with Gasteiger partial charge in [0.25, 0.3) is 5.91 Å². The molecule has 3 aromatic rings. The number of aromatic carboxylic acids is 1. The van der Waals surface area contributed by atoms with E-state index >= 15 is 0 Å². The Kier molecular flexibility index (Phi) is 9.27. The fourth-order valence-electron chi connectivity index (χ4n) is 4.67. The predicted octanol–water partition coefficient (Wildman–Crippen LogP) is 5.89. The number of piperazine rings is 1. The first-order valence-electron chi connectivity index (χ1n) is 13.7. The predicted molar refractivity (Wildman–Crippen MR) is 154 cm³/mol. The number of aryl methyl sites for hydroxylation is 2. The van der Waals surface area contributed by atoms with Crippen molar-refractivity contribution in [3.8, 4) is 0 Å². The first-order valence-corrected chi connectivity index (χ1v) is 13.7. The van der Waals surface area contributed by atoms with Gasteiger partial charge in [-0.25, -0.2) is 9.59 Å². The third-order valence-electron chi connectivity index (χ3n) is 6.77. The highest BCUT2D eigenvalue weighted by Crippen LogP contribution is 2.39. The standard InChI is InChI=1S/C31H33F3N4O5/c1-30(2,3)43-29(42)38-13-11-37(12-14-38)26-10-9-24(17-25(26)31(32,33)34)36-27(39)22-6-4-5-20(15-22)7-8-21-16-23(28(40)41)19-35-18-21/h4-6,9-10,15-19H,7-8,11-14H2,1-3H3,(H,36,39)(H,40,41). The van der Waals surface area contributed by atoms with Gasteiger partial charge in [0.15, 0.2) is 0 Å². The topological polar surface area (TPSA) is 112 Å². The van der Waals surface area contributed by atoms with Crippen LogP contribution in [0.15, 0.2) is 60.9 Å². The minimum Gasteiger partial charge on any atom is -0.478 e. The Morgan fingerprint density at radius 2 is 1.58 bits per heavy atom. The van der Waals surface area contributed by atoms with Gasteiger partial charge in [-0.3, -0.25) is 9.78 Å². The number of pyridine rings is 1. The third-order valence-corrected chi connectivity index (χ3v) is 6.77. The highest BCUT2D eigenvalue weighted by atomic mass is 19.4. The minimum atomic E-state index is -4.68. The summed E-state index contributed by atoms with van der Waals surface area (Å²) in [4.78, 5) is 43.5. The van der Waals surface area contributed by atoms with Crippen molar-refractivity contribution >= 4 is 29.3 Å². The number of carboxylic acid groups (broad SMARTS) is 1. The molecule has 2 aromatic carbocycles. The summed E-state index contributed by atoms with van der Waals surface area (Å²) < 4.78 is 47.7. The Bertz CT molecular complexity index is 1500. The molecule has 0 radical (unpaired) electrons. The van der Waals surface area contributed by atoms with Crippen molar-refractivity contribution < 1.29 is 37.4 Å². The molecule has 12 heteroatoms.